The fourth-order valence-electron chi connectivity index (χ4n) is 2.28. The fourth-order valence-corrected chi connectivity index (χ4v) is 3.17. The molecule has 0 saturated heterocycles. The van der Waals surface area contributed by atoms with Gasteiger partial charge in [-0.2, -0.15) is 0 Å². The van der Waals surface area contributed by atoms with Crippen molar-refractivity contribution in [2.45, 2.75) is 45.8 Å². The molecule has 0 saturated carbocycles. The summed E-state index contributed by atoms with van der Waals surface area (Å²) in [5.41, 5.74) is 0.0921. The maximum Gasteiger partial charge on any atom is 0.265 e. The zero-order valence-corrected chi connectivity index (χ0v) is 14.9. The average Bonchev–Trinajstić information content (AvgIpc) is 2.95. The molecule has 1 N–H and O–H groups in total. The molecule has 0 atom stereocenters. The Morgan fingerprint density at radius 1 is 1.30 bits per heavy atom. The smallest absolute Gasteiger partial charge is 0.265 e. The molecule has 124 valence electrons. The van der Waals surface area contributed by atoms with Gasteiger partial charge in [-0.25, -0.2) is 4.98 Å². The molecule has 1 heterocycles. The predicted molar refractivity (Wildman–Crippen MR) is 93.7 cm³/mol. The highest BCUT2D eigenvalue weighted by Crippen LogP contribution is 2.23. The highest BCUT2D eigenvalue weighted by molar-refractivity contribution is 7.13. The molecule has 2 rings (SSSR count). The van der Waals surface area contributed by atoms with Crippen LogP contribution in [0.1, 0.15) is 53.9 Å². The number of benzene rings is 1. The Labute approximate surface area is 141 Å². The lowest BCUT2D eigenvalue weighted by molar-refractivity contribution is 0.0282. The Hall–Kier alpha value is -1.72. The maximum atomic E-state index is 12.8. The molecule has 1 aromatic heterocycles. The highest BCUT2D eigenvalue weighted by Gasteiger charge is 2.25. The first kappa shape index (κ1) is 17.6. The quantitative estimate of drug-likeness (QED) is 0.878. The molecule has 0 radical (unpaired) electrons. The summed E-state index contributed by atoms with van der Waals surface area (Å²) < 4.78 is 0. The lowest BCUT2D eigenvalue weighted by Gasteiger charge is -2.29. The highest BCUT2D eigenvalue weighted by atomic mass is 32.1. The Balaban J connectivity index is 2.22. The van der Waals surface area contributed by atoms with Crippen LogP contribution in [0.3, 0.4) is 0 Å². The van der Waals surface area contributed by atoms with Gasteiger partial charge in [0.25, 0.3) is 5.91 Å². The summed E-state index contributed by atoms with van der Waals surface area (Å²) in [5.74, 6) is 0.221. The average molecular weight is 332 g/mol. The number of nitrogens with zero attached hydrogens (tertiary/aromatic N) is 2. The standard InChI is InChI=1S/C18H24N2O2S/c1-13(2)16-19-10-15(23-16)17(21)20(12-18(3,4)22)11-14-8-6-5-7-9-14/h5-10,13,22H,11-12H2,1-4H3. The number of hydrogen-bond acceptors (Lipinski definition) is 4. The molecule has 0 spiro atoms. The molecule has 1 aromatic carbocycles. The minimum atomic E-state index is -0.948. The first-order valence-electron chi connectivity index (χ1n) is 7.77. The molecule has 0 unspecified atom stereocenters. The number of thiazole rings is 1. The van der Waals surface area contributed by atoms with Gasteiger partial charge in [-0.05, 0) is 19.4 Å². The number of hydrogen-bond donors (Lipinski definition) is 1. The van der Waals surface area contributed by atoms with Crippen LogP contribution in [0.4, 0.5) is 0 Å². The van der Waals surface area contributed by atoms with E-state index in [2.05, 4.69) is 18.8 Å². The van der Waals surface area contributed by atoms with Gasteiger partial charge in [-0.15, -0.1) is 11.3 Å². The van der Waals surface area contributed by atoms with E-state index in [0.717, 1.165) is 10.6 Å². The zero-order chi connectivity index (χ0) is 17.0. The summed E-state index contributed by atoms with van der Waals surface area (Å²) in [4.78, 5) is 19.5. The third kappa shape index (κ3) is 5.15. The number of carbonyl (C=O) groups is 1. The van der Waals surface area contributed by atoms with E-state index in [0.29, 0.717) is 17.3 Å². The van der Waals surface area contributed by atoms with Gasteiger partial charge in [0.15, 0.2) is 0 Å². The Morgan fingerprint density at radius 3 is 2.48 bits per heavy atom. The maximum absolute atomic E-state index is 12.8. The minimum Gasteiger partial charge on any atom is -0.389 e. The van der Waals surface area contributed by atoms with Crippen LogP contribution >= 0.6 is 11.3 Å². The Kier molecular flexibility index (Phi) is 5.55. The molecule has 23 heavy (non-hydrogen) atoms. The van der Waals surface area contributed by atoms with Gasteiger partial charge in [-0.3, -0.25) is 4.79 Å². The molecule has 2 aromatic rings. The molecule has 0 aliphatic heterocycles. The monoisotopic (exact) mass is 332 g/mol. The van der Waals surface area contributed by atoms with Crippen LogP contribution in [-0.4, -0.2) is 33.0 Å². The van der Waals surface area contributed by atoms with Crippen LogP contribution in [0, 0.1) is 0 Å². The van der Waals surface area contributed by atoms with Crippen molar-refractivity contribution in [3.05, 3.63) is 52.0 Å². The van der Waals surface area contributed by atoms with Gasteiger partial charge in [0.05, 0.1) is 16.8 Å². The fraction of sp³-hybridized carbons (Fsp3) is 0.444. The topological polar surface area (TPSA) is 53.4 Å². The first-order chi connectivity index (χ1) is 10.8. The molecule has 0 aliphatic rings. The van der Waals surface area contributed by atoms with Crippen LogP contribution in [0.15, 0.2) is 36.5 Å². The van der Waals surface area contributed by atoms with E-state index >= 15 is 0 Å². The summed E-state index contributed by atoms with van der Waals surface area (Å²) >= 11 is 1.43. The molecule has 0 fully saturated rings. The van der Waals surface area contributed by atoms with E-state index in [1.54, 1.807) is 24.9 Å². The second kappa shape index (κ2) is 7.23. The molecule has 5 heteroatoms. The zero-order valence-electron chi connectivity index (χ0n) is 14.1. The Bertz CT molecular complexity index is 645. The summed E-state index contributed by atoms with van der Waals surface area (Å²) in [6.07, 6.45) is 1.64. The van der Waals surface area contributed by atoms with Gasteiger partial charge in [-0.1, -0.05) is 44.2 Å². The number of carbonyl (C=O) groups excluding carboxylic acids is 1. The van der Waals surface area contributed by atoms with E-state index in [-0.39, 0.29) is 12.5 Å². The van der Waals surface area contributed by atoms with Crippen LogP contribution in [-0.2, 0) is 6.54 Å². The normalized spacial score (nSPS) is 11.7. The summed E-state index contributed by atoms with van der Waals surface area (Å²) in [6, 6.07) is 9.81. The van der Waals surface area contributed by atoms with Crippen molar-refractivity contribution in [1.82, 2.24) is 9.88 Å². The molecule has 4 nitrogen and oxygen atoms in total. The first-order valence-corrected chi connectivity index (χ1v) is 8.59. The van der Waals surface area contributed by atoms with Gasteiger partial charge in [0.1, 0.15) is 4.88 Å². The van der Waals surface area contributed by atoms with Crippen molar-refractivity contribution >= 4 is 17.2 Å². The summed E-state index contributed by atoms with van der Waals surface area (Å²) in [6.45, 7) is 8.29. The van der Waals surface area contributed by atoms with E-state index in [1.165, 1.54) is 11.3 Å². The number of aliphatic hydroxyl groups is 1. The van der Waals surface area contributed by atoms with Crippen molar-refractivity contribution in [3.8, 4) is 0 Å². The summed E-state index contributed by atoms with van der Waals surface area (Å²) in [7, 11) is 0. The van der Waals surface area contributed by atoms with Crippen molar-refractivity contribution in [2.24, 2.45) is 0 Å². The van der Waals surface area contributed by atoms with Crippen LogP contribution in [0.5, 0.6) is 0 Å². The van der Waals surface area contributed by atoms with Crippen LogP contribution in [0.2, 0.25) is 0 Å². The molecule has 1 amide bonds. The van der Waals surface area contributed by atoms with Gasteiger partial charge >= 0.3 is 0 Å². The van der Waals surface area contributed by atoms with Crippen LogP contribution in [0.25, 0.3) is 0 Å². The lowest BCUT2D eigenvalue weighted by Crippen LogP contribution is -2.41. The molecule has 0 aliphatic carbocycles. The number of aromatic nitrogens is 1. The van der Waals surface area contributed by atoms with E-state index < -0.39 is 5.60 Å². The molecule has 0 bridgehead atoms. The second-order valence-electron chi connectivity index (χ2n) is 6.68. The van der Waals surface area contributed by atoms with Crippen molar-refractivity contribution < 1.29 is 9.90 Å². The van der Waals surface area contributed by atoms with E-state index in [1.807, 2.05) is 30.3 Å². The summed E-state index contributed by atoms with van der Waals surface area (Å²) in [5, 5.41) is 11.1. The SMILES string of the molecule is CC(C)c1ncc(C(=O)N(Cc2ccccc2)CC(C)(C)O)s1. The third-order valence-electron chi connectivity index (χ3n) is 3.31. The second-order valence-corrected chi connectivity index (χ2v) is 7.74. The van der Waals surface area contributed by atoms with Gasteiger partial charge in [0.2, 0.25) is 0 Å². The van der Waals surface area contributed by atoms with E-state index in [9.17, 15) is 9.90 Å². The molecular formula is C18H24N2O2S. The van der Waals surface area contributed by atoms with Crippen LogP contribution < -0.4 is 0 Å². The van der Waals surface area contributed by atoms with Gasteiger partial charge in [0, 0.05) is 19.0 Å². The minimum absolute atomic E-state index is 0.0830. The third-order valence-corrected chi connectivity index (χ3v) is 4.60. The predicted octanol–water partition coefficient (Wildman–Crippen LogP) is 3.68. The van der Waals surface area contributed by atoms with Gasteiger partial charge < -0.3 is 10.0 Å². The lowest BCUT2D eigenvalue weighted by atomic mass is 10.1. The van der Waals surface area contributed by atoms with Crippen molar-refractivity contribution in [1.29, 1.82) is 0 Å². The molecular weight excluding hydrogens is 308 g/mol. The number of amides is 1. The number of rotatable bonds is 6. The van der Waals surface area contributed by atoms with E-state index in [4.69, 9.17) is 0 Å². The van der Waals surface area contributed by atoms with Crippen molar-refractivity contribution in [3.63, 3.8) is 0 Å². The Morgan fingerprint density at radius 2 is 1.96 bits per heavy atom. The largest absolute Gasteiger partial charge is 0.389 e. The van der Waals surface area contributed by atoms with Crippen molar-refractivity contribution in [2.75, 3.05) is 6.54 Å².